The molecule has 0 unspecified atom stereocenters. The van der Waals surface area contributed by atoms with E-state index in [0.29, 0.717) is 17.0 Å². The summed E-state index contributed by atoms with van der Waals surface area (Å²) in [5, 5.41) is 2.77. The van der Waals surface area contributed by atoms with Crippen molar-refractivity contribution in [3.8, 4) is 12.3 Å². The van der Waals surface area contributed by atoms with Gasteiger partial charge in [0.2, 0.25) is 5.91 Å². The van der Waals surface area contributed by atoms with Gasteiger partial charge in [0.25, 0.3) is 5.91 Å². The maximum atomic E-state index is 13.0. The summed E-state index contributed by atoms with van der Waals surface area (Å²) in [7, 11) is 0. The van der Waals surface area contributed by atoms with Crippen LogP contribution in [0.1, 0.15) is 15.9 Å². The maximum Gasteiger partial charge on any atom is 0.255 e. The second-order valence-corrected chi connectivity index (χ2v) is 6.56. The molecule has 0 fully saturated rings. The number of hydrogen-bond donors (Lipinski definition) is 1. The number of thioether (sulfide) groups is 1. The molecule has 6 heteroatoms. The predicted octanol–water partition coefficient (Wildman–Crippen LogP) is 3.15. The van der Waals surface area contributed by atoms with Crippen LogP contribution in [-0.4, -0.2) is 29.0 Å². The van der Waals surface area contributed by atoms with Gasteiger partial charge in [-0.25, -0.2) is 4.39 Å². The van der Waals surface area contributed by atoms with E-state index in [1.165, 1.54) is 28.8 Å². The van der Waals surface area contributed by atoms with Gasteiger partial charge in [-0.1, -0.05) is 18.1 Å². The SMILES string of the molecule is C#CCN(Cc1ccc(F)cc1)C(=O)c1ccc2c(c1)NC(=O)CS2. The number of rotatable bonds is 4. The average Bonchev–Trinajstić information content (AvgIpc) is 2.62. The third kappa shape index (κ3) is 4.01. The van der Waals surface area contributed by atoms with Crippen LogP contribution < -0.4 is 5.32 Å². The lowest BCUT2D eigenvalue weighted by molar-refractivity contribution is -0.113. The predicted molar refractivity (Wildman–Crippen MR) is 95.8 cm³/mol. The normalized spacial score (nSPS) is 12.7. The van der Waals surface area contributed by atoms with Gasteiger partial charge in [-0.3, -0.25) is 9.59 Å². The topological polar surface area (TPSA) is 49.4 Å². The molecule has 0 saturated carbocycles. The molecule has 0 spiro atoms. The fourth-order valence-electron chi connectivity index (χ4n) is 2.52. The van der Waals surface area contributed by atoms with E-state index in [0.717, 1.165) is 10.5 Å². The van der Waals surface area contributed by atoms with Crippen LogP contribution in [0, 0.1) is 18.2 Å². The Kier molecular flexibility index (Phi) is 5.05. The van der Waals surface area contributed by atoms with Crippen molar-refractivity contribution in [2.45, 2.75) is 11.4 Å². The minimum atomic E-state index is -0.332. The van der Waals surface area contributed by atoms with Gasteiger partial charge in [0, 0.05) is 17.0 Å². The van der Waals surface area contributed by atoms with Crippen LogP contribution >= 0.6 is 11.8 Å². The quantitative estimate of drug-likeness (QED) is 0.858. The molecule has 3 rings (SSSR count). The highest BCUT2D eigenvalue weighted by Crippen LogP contribution is 2.32. The average molecular weight is 354 g/mol. The van der Waals surface area contributed by atoms with E-state index in [1.54, 1.807) is 24.3 Å². The van der Waals surface area contributed by atoms with Gasteiger partial charge in [0.1, 0.15) is 5.82 Å². The highest BCUT2D eigenvalue weighted by molar-refractivity contribution is 8.00. The third-order valence-corrected chi connectivity index (χ3v) is 4.79. The molecule has 0 bridgehead atoms. The fraction of sp³-hybridized carbons (Fsp3) is 0.158. The summed E-state index contributed by atoms with van der Waals surface area (Å²) in [6.45, 7) is 0.413. The zero-order valence-electron chi connectivity index (χ0n) is 13.3. The Morgan fingerprint density at radius 2 is 2.04 bits per heavy atom. The molecule has 126 valence electrons. The molecule has 0 saturated heterocycles. The molecule has 2 aromatic rings. The number of nitrogens with zero attached hydrogens (tertiary/aromatic N) is 1. The molecular weight excluding hydrogens is 339 g/mol. The van der Waals surface area contributed by atoms with Crippen LogP contribution in [0.3, 0.4) is 0 Å². The van der Waals surface area contributed by atoms with Crippen LogP contribution in [0.25, 0.3) is 0 Å². The van der Waals surface area contributed by atoms with Crippen molar-refractivity contribution in [3.63, 3.8) is 0 Å². The van der Waals surface area contributed by atoms with E-state index < -0.39 is 0 Å². The Bertz CT molecular complexity index is 859. The summed E-state index contributed by atoms with van der Waals surface area (Å²) >= 11 is 1.44. The number of halogens is 1. The highest BCUT2D eigenvalue weighted by Gasteiger charge is 2.20. The summed E-state index contributed by atoms with van der Waals surface area (Å²) in [5.74, 6) is 2.18. The van der Waals surface area contributed by atoms with E-state index >= 15 is 0 Å². The second-order valence-electron chi connectivity index (χ2n) is 5.54. The van der Waals surface area contributed by atoms with Gasteiger partial charge in [0.05, 0.1) is 18.0 Å². The maximum absolute atomic E-state index is 13.0. The Morgan fingerprint density at radius 3 is 2.76 bits per heavy atom. The monoisotopic (exact) mass is 354 g/mol. The summed E-state index contributed by atoms with van der Waals surface area (Å²) in [4.78, 5) is 26.8. The van der Waals surface area contributed by atoms with Crippen LogP contribution in [-0.2, 0) is 11.3 Å². The largest absolute Gasteiger partial charge is 0.324 e. The van der Waals surface area contributed by atoms with Gasteiger partial charge in [-0.2, -0.15) is 0 Å². The molecule has 4 nitrogen and oxygen atoms in total. The van der Waals surface area contributed by atoms with E-state index in [-0.39, 0.29) is 30.7 Å². The first-order chi connectivity index (χ1) is 12.1. The molecule has 1 aliphatic rings. The Hall–Kier alpha value is -2.78. The standard InChI is InChI=1S/C19H15FN2O2S/c1-2-9-22(11-13-3-6-15(20)7-4-13)19(24)14-5-8-17-16(10-14)21-18(23)12-25-17/h1,3-8,10H,9,11-12H2,(H,21,23). The number of anilines is 1. The summed E-state index contributed by atoms with van der Waals surface area (Å²) in [6, 6.07) is 11.1. The number of benzene rings is 2. The smallest absolute Gasteiger partial charge is 0.255 e. The number of amides is 2. The zero-order valence-corrected chi connectivity index (χ0v) is 14.1. The van der Waals surface area contributed by atoms with E-state index in [4.69, 9.17) is 6.42 Å². The van der Waals surface area contributed by atoms with Crippen LogP contribution in [0.4, 0.5) is 10.1 Å². The minimum absolute atomic E-state index is 0.0890. The molecule has 0 radical (unpaired) electrons. The van der Waals surface area contributed by atoms with Crippen molar-refractivity contribution in [2.24, 2.45) is 0 Å². The van der Waals surface area contributed by atoms with Gasteiger partial charge in [-0.05, 0) is 35.9 Å². The van der Waals surface area contributed by atoms with Crippen LogP contribution in [0.2, 0.25) is 0 Å². The fourth-order valence-corrected chi connectivity index (χ4v) is 3.31. The number of nitrogens with one attached hydrogen (secondary N) is 1. The molecular formula is C19H15FN2O2S. The molecule has 0 aliphatic carbocycles. The van der Waals surface area contributed by atoms with Crippen molar-refractivity contribution >= 4 is 29.3 Å². The summed E-state index contributed by atoms with van der Waals surface area (Å²) in [6.07, 6.45) is 5.39. The molecule has 1 N–H and O–H groups in total. The second kappa shape index (κ2) is 7.41. The summed E-state index contributed by atoms with van der Waals surface area (Å²) < 4.78 is 13.0. The first kappa shape index (κ1) is 17.1. The lowest BCUT2D eigenvalue weighted by Gasteiger charge is -2.22. The molecule has 2 amide bonds. The Labute approximate surface area is 149 Å². The van der Waals surface area contributed by atoms with Gasteiger partial charge < -0.3 is 10.2 Å². The van der Waals surface area contributed by atoms with Crippen molar-refractivity contribution in [1.82, 2.24) is 4.90 Å². The Morgan fingerprint density at radius 1 is 1.28 bits per heavy atom. The van der Waals surface area contributed by atoms with Gasteiger partial charge in [-0.15, -0.1) is 18.2 Å². The van der Waals surface area contributed by atoms with Crippen molar-refractivity contribution < 1.29 is 14.0 Å². The van der Waals surface area contributed by atoms with E-state index in [1.807, 2.05) is 6.07 Å². The molecule has 1 heterocycles. The molecule has 1 aliphatic heterocycles. The van der Waals surface area contributed by atoms with Crippen LogP contribution in [0.5, 0.6) is 0 Å². The first-order valence-electron chi connectivity index (χ1n) is 7.60. The molecule has 25 heavy (non-hydrogen) atoms. The number of carbonyl (C=O) groups is 2. The van der Waals surface area contributed by atoms with Gasteiger partial charge in [0.15, 0.2) is 0 Å². The lowest BCUT2D eigenvalue weighted by Crippen LogP contribution is -2.31. The molecule has 0 aromatic heterocycles. The third-order valence-electron chi connectivity index (χ3n) is 3.72. The molecule has 0 atom stereocenters. The summed E-state index contributed by atoms with van der Waals surface area (Å²) in [5.41, 5.74) is 1.86. The Balaban J connectivity index is 1.83. The number of terminal acetylenes is 1. The minimum Gasteiger partial charge on any atom is -0.324 e. The lowest BCUT2D eigenvalue weighted by atomic mass is 10.1. The van der Waals surface area contributed by atoms with Crippen molar-refractivity contribution in [1.29, 1.82) is 0 Å². The molecule has 2 aromatic carbocycles. The zero-order chi connectivity index (χ0) is 17.8. The van der Waals surface area contributed by atoms with Crippen molar-refractivity contribution in [2.75, 3.05) is 17.6 Å². The van der Waals surface area contributed by atoms with Crippen molar-refractivity contribution in [3.05, 3.63) is 59.4 Å². The van der Waals surface area contributed by atoms with Crippen LogP contribution in [0.15, 0.2) is 47.4 Å². The number of fused-ring (bicyclic) bond motifs is 1. The highest BCUT2D eigenvalue weighted by atomic mass is 32.2. The van der Waals surface area contributed by atoms with E-state index in [2.05, 4.69) is 11.2 Å². The van der Waals surface area contributed by atoms with Gasteiger partial charge >= 0.3 is 0 Å². The first-order valence-corrected chi connectivity index (χ1v) is 8.59. The number of hydrogen-bond acceptors (Lipinski definition) is 3. The van der Waals surface area contributed by atoms with E-state index in [9.17, 15) is 14.0 Å². The number of carbonyl (C=O) groups excluding carboxylic acids is 2.